The van der Waals surface area contributed by atoms with Crippen LogP contribution in [0.25, 0.3) is 0 Å². The van der Waals surface area contributed by atoms with Crippen LogP contribution in [0.5, 0.6) is 0 Å². The molecule has 2 heterocycles. The second-order valence-corrected chi connectivity index (χ2v) is 4.74. The Kier molecular flexibility index (Phi) is 3.05. The van der Waals surface area contributed by atoms with Crippen molar-refractivity contribution < 1.29 is 0 Å². The third-order valence-electron chi connectivity index (χ3n) is 2.50. The molecule has 1 aliphatic rings. The number of aromatic nitrogens is 1. The zero-order valence-electron chi connectivity index (χ0n) is 7.94. The molecule has 0 N–H and O–H groups in total. The zero-order chi connectivity index (χ0) is 9.80. The van der Waals surface area contributed by atoms with E-state index in [9.17, 15) is 0 Å². The van der Waals surface area contributed by atoms with Crippen molar-refractivity contribution in [2.45, 2.75) is 24.5 Å². The van der Waals surface area contributed by atoms with Gasteiger partial charge in [0.2, 0.25) is 0 Å². The van der Waals surface area contributed by atoms with Crippen molar-refractivity contribution in [3.63, 3.8) is 0 Å². The fourth-order valence-electron chi connectivity index (χ4n) is 1.77. The minimum Gasteiger partial charge on any atom is -0.263 e. The molecule has 1 saturated heterocycles. The maximum absolute atomic E-state index is 8.95. The molecular formula is C11H12N2S. The molecule has 3 heteroatoms. The first-order valence-corrected chi connectivity index (χ1v) is 5.92. The molecule has 1 atom stereocenters. The van der Waals surface area contributed by atoms with Crippen LogP contribution in [0.3, 0.4) is 0 Å². The van der Waals surface area contributed by atoms with Crippen molar-refractivity contribution in [1.82, 2.24) is 4.98 Å². The van der Waals surface area contributed by atoms with E-state index in [1.807, 2.05) is 17.8 Å². The van der Waals surface area contributed by atoms with Gasteiger partial charge in [0.15, 0.2) is 0 Å². The SMILES string of the molecule is N#Cc1cnccc1C1CCCCS1. The van der Waals surface area contributed by atoms with Gasteiger partial charge >= 0.3 is 0 Å². The topological polar surface area (TPSA) is 36.7 Å². The summed E-state index contributed by atoms with van der Waals surface area (Å²) >= 11 is 1.97. The largest absolute Gasteiger partial charge is 0.263 e. The van der Waals surface area contributed by atoms with Crippen LogP contribution >= 0.6 is 11.8 Å². The van der Waals surface area contributed by atoms with Crippen LogP contribution in [0.4, 0.5) is 0 Å². The molecule has 0 spiro atoms. The fraction of sp³-hybridized carbons (Fsp3) is 0.455. The molecule has 2 rings (SSSR count). The van der Waals surface area contributed by atoms with Gasteiger partial charge in [-0.1, -0.05) is 6.42 Å². The maximum Gasteiger partial charge on any atom is 0.101 e. The molecule has 2 nitrogen and oxygen atoms in total. The van der Waals surface area contributed by atoms with Crippen molar-refractivity contribution in [3.05, 3.63) is 29.6 Å². The number of nitrogens with zero attached hydrogens (tertiary/aromatic N) is 2. The van der Waals surface area contributed by atoms with Gasteiger partial charge in [-0.2, -0.15) is 17.0 Å². The van der Waals surface area contributed by atoms with E-state index in [0.29, 0.717) is 5.25 Å². The molecule has 1 aromatic rings. The van der Waals surface area contributed by atoms with Crippen LogP contribution in [0.15, 0.2) is 18.5 Å². The molecule has 0 amide bonds. The molecule has 0 aliphatic carbocycles. The summed E-state index contributed by atoms with van der Waals surface area (Å²) in [4.78, 5) is 3.98. The molecule has 0 bridgehead atoms. The molecule has 1 fully saturated rings. The normalized spacial score (nSPS) is 21.5. The predicted octanol–water partition coefficient (Wildman–Crippen LogP) is 2.91. The van der Waals surface area contributed by atoms with Crippen LogP contribution in [0.2, 0.25) is 0 Å². The van der Waals surface area contributed by atoms with E-state index in [0.717, 1.165) is 5.56 Å². The van der Waals surface area contributed by atoms with E-state index in [2.05, 4.69) is 11.1 Å². The van der Waals surface area contributed by atoms with Gasteiger partial charge < -0.3 is 0 Å². The molecule has 1 aliphatic heterocycles. The van der Waals surface area contributed by atoms with Gasteiger partial charge in [-0.05, 0) is 30.2 Å². The van der Waals surface area contributed by atoms with Crippen molar-refractivity contribution >= 4 is 11.8 Å². The first-order valence-electron chi connectivity index (χ1n) is 4.87. The van der Waals surface area contributed by atoms with Gasteiger partial charge in [0.05, 0.1) is 5.56 Å². The van der Waals surface area contributed by atoms with Crippen LogP contribution in [-0.4, -0.2) is 10.7 Å². The van der Waals surface area contributed by atoms with Gasteiger partial charge in [-0.25, -0.2) is 0 Å². The molecule has 1 unspecified atom stereocenters. The van der Waals surface area contributed by atoms with E-state index in [1.54, 1.807) is 12.4 Å². The second-order valence-electron chi connectivity index (χ2n) is 3.43. The predicted molar refractivity (Wildman–Crippen MR) is 58.0 cm³/mol. The van der Waals surface area contributed by atoms with Gasteiger partial charge in [0, 0.05) is 17.6 Å². The molecule has 72 valence electrons. The van der Waals surface area contributed by atoms with Gasteiger partial charge in [-0.3, -0.25) is 4.98 Å². The zero-order valence-corrected chi connectivity index (χ0v) is 8.76. The van der Waals surface area contributed by atoms with E-state index < -0.39 is 0 Å². The Morgan fingerprint density at radius 1 is 1.50 bits per heavy atom. The standard InChI is InChI=1S/C11H12N2S/c12-7-9-8-13-5-4-10(9)11-3-1-2-6-14-11/h4-5,8,11H,1-3,6H2. The lowest BCUT2D eigenvalue weighted by Crippen LogP contribution is -2.04. The summed E-state index contributed by atoms with van der Waals surface area (Å²) in [7, 11) is 0. The number of hydrogen-bond acceptors (Lipinski definition) is 3. The minimum atomic E-state index is 0.515. The Morgan fingerprint density at radius 2 is 2.43 bits per heavy atom. The number of hydrogen-bond donors (Lipinski definition) is 0. The first kappa shape index (κ1) is 9.54. The van der Waals surface area contributed by atoms with Crippen molar-refractivity contribution in [2.75, 3.05) is 5.75 Å². The smallest absolute Gasteiger partial charge is 0.101 e. The highest BCUT2D eigenvalue weighted by Crippen LogP contribution is 2.39. The van der Waals surface area contributed by atoms with Crippen molar-refractivity contribution in [2.24, 2.45) is 0 Å². The van der Waals surface area contributed by atoms with Crippen LogP contribution in [0, 0.1) is 11.3 Å². The quantitative estimate of drug-likeness (QED) is 0.705. The van der Waals surface area contributed by atoms with E-state index in [4.69, 9.17) is 5.26 Å². The Balaban J connectivity index is 2.26. The highest BCUT2D eigenvalue weighted by molar-refractivity contribution is 7.99. The summed E-state index contributed by atoms with van der Waals surface area (Å²) in [5.74, 6) is 1.22. The van der Waals surface area contributed by atoms with E-state index in [-0.39, 0.29) is 0 Å². The van der Waals surface area contributed by atoms with Crippen LogP contribution < -0.4 is 0 Å². The lowest BCUT2D eigenvalue weighted by molar-refractivity contribution is 0.685. The molecule has 14 heavy (non-hydrogen) atoms. The second kappa shape index (κ2) is 4.47. The van der Waals surface area contributed by atoms with E-state index in [1.165, 1.54) is 30.6 Å². The summed E-state index contributed by atoms with van der Waals surface area (Å²) in [5, 5.41) is 9.47. The Morgan fingerprint density at radius 3 is 3.14 bits per heavy atom. The van der Waals surface area contributed by atoms with Crippen molar-refractivity contribution in [3.8, 4) is 6.07 Å². The monoisotopic (exact) mass is 204 g/mol. The third-order valence-corrected chi connectivity index (χ3v) is 3.92. The molecule has 0 saturated carbocycles. The number of nitriles is 1. The minimum absolute atomic E-state index is 0.515. The third kappa shape index (κ3) is 1.91. The number of rotatable bonds is 1. The molecule has 1 aromatic heterocycles. The maximum atomic E-state index is 8.95. The summed E-state index contributed by atoms with van der Waals surface area (Å²) < 4.78 is 0. The highest BCUT2D eigenvalue weighted by atomic mass is 32.2. The number of pyridine rings is 1. The molecular weight excluding hydrogens is 192 g/mol. The fourth-order valence-corrected chi connectivity index (χ4v) is 3.14. The van der Waals surface area contributed by atoms with Crippen molar-refractivity contribution in [1.29, 1.82) is 5.26 Å². The Labute approximate surface area is 88.4 Å². The lowest BCUT2D eigenvalue weighted by Gasteiger charge is -2.21. The summed E-state index contributed by atoms with van der Waals surface area (Å²) in [6.45, 7) is 0. The highest BCUT2D eigenvalue weighted by Gasteiger charge is 2.18. The van der Waals surface area contributed by atoms with Crippen LogP contribution in [-0.2, 0) is 0 Å². The number of thioether (sulfide) groups is 1. The van der Waals surface area contributed by atoms with Gasteiger partial charge in [0.25, 0.3) is 0 Å². The Hall–Kier alpha value is -1.01. The molecule has 0 radical (unpaired) electrons. The Bertz CT molecular complexity index is 351. The average Bonchev–Trinajstić information content (AvgIpc) is 2.30. The van der Waals surface area contributed by atoms with Crippen LogP contribution in [0.1, 0.15) is 35.6 Å². The summed E-state index contributed by atoms with van der Waals surface area (Å²) in [6.07, 6.45) is 7.25. The average molecular weight is 204 g/mol. The molecule has 0 aromatic carbocycles. The summed E-state index contributed by atoms with van der Waals surface area (Å²) in [5.41, 5.74) is 1.92. The first-order chi connectivity index (χ1) is 6.92. The summed E-state index contributed by atoms with van der Waals surface area (Å²) in [6, 6.07) is 4.20. The van der Waals surface area contributed by atoms with Gasteiger partial charge in [0.1, 0.15) is 6.07 Å². The van der Waals surface area contributed by atoms with Gasteiger partial charge in [-0.15, -0.1) is 0 Å². The van der Waals surface area contributed by atoms with E-state index >= 15 is 0 Å². The lowest BCUT2D eigenvalue weighted by atomic mass is 10.0.